The van der Waals surface area contributed by atoms with Gasteiger partial charge in [-0.05, 0) is 37.1 Å². The third-order valence-electron chi connectivity index (χ3n) is 4.15. The molecule has 8 heteroatoms. The topological polar surface area (TPSA) is 81.8 Å². The van der Waals surface area contributed by atoms with Gasteiger partial charge < -0.3 is 0 Å². The fourth-order valence-electron chi connectivity index (χ4n) is 2.63. The normalized spacial score (nSPS) is 11.2. The molecule has 130 valence electrons. The molecule has 7 nitrogen and oxygen atoms in total. The van der Waals surface area contributed by atoms with Gasteiger partial charge in [-0.3, -0.25) is 15.0 Å². The maximum Gasteiger partial charge on any atom is 0.283 e. The van der Waals surface area contributed by atoms with E-state index in [2.05, 4.69) is 15.5 Å². The number of carbonyl (C=O) groups excluding carboxylic acids is 1. The first kappa shape index (κ1) is 16.8. The predicted molar refractivity (Wildman–Crippen MR) is 91.5 cm³/mol. The molecule has 1 amide bonds. The molecule has 0 atom stereocenters. The molecule has 3 aromatic rings. The first-order valence-electron chi connectivity index (χ1n) is 8.07. The first-order valence-corrected chi connectivity index (χ1v) is 8.07. The van der Waals surface area contributed by atoms with Crippen molar-refractivity contribution in [2.24, 2.45) is 5.92 Å². The van der Waals surface area contributed by atoms with E-state index >= 15 is 0 Å². The molecule has 0 bridgehead atoms. The van der Waals surface area contributed by atoms with Gasteiger partial charge in [-0.15, -0.1) is 0 Å². The lowest BCUT2D eigenvalue weighted by Crippen LogP contribution is -2.36. The van der Waals surface area contributed by atoms with Gasteiger partial charge in [-0.25, -0.2) is 18.7 Å². The zero-order chi connectivity index (χ0) is 18.0. The molecule has 0 radical (unpaired) electrons. The second-order valence-corrected chi connectivity index (χ2v) is 5.68. The van der Waals surface area contributed by atoms with Crippen LogP contribution in [-0.4, -0.2) is 25.3 Å². The van der Waals surface area contributed by atoms with Crippen LogP contribution in [0.1, 0.15) is 26.7 Å². The number of nitrogens with one attached hydrogen (secondary N) is 1. The number of benzene rings is 1. The number of carbonyl (C=O) groups is 1. The van der Waals surface area contributed by atoms with Crippen LogP contribution in [0.15, 0.2) is 41.6 Å². The van der Waals surface area contributed by atoms with Crippen LogP contribution in [0, 0.1) is 11.7 Å². The van der Waals surface area contributed by atoms with Gasteiger partial charge >= 0.3 is 0 Å². The lowest BCUT2D eigenvalue weighted by molar-refractivity contribution is -0.121. The molecule has 0 fully saturated rings. The summed E-state index contributed by atoms with van der Waals surface area (Å²) in [5, 5.41) is 4.41. The first-order chi connectivity index (χ1) is 12.0. The predicted octanol–water partition coefficient (Wildman–Crippen LogP) is 2.23. The molecule has 25 heavy (non-hydrogen) atoms. The fraction of sp³-hybridized carbons (Fsp3) is 0.294. The lowest BCUT2D eigenvalue weighted by Gasteiger charge is -2.13. The summed E-state index contributed by atoms with van der Waals surface area (Å²) in [6.07, 6.45) is 4.02. The number of fused-ring (bicyclic) bond motifs is 1. The average molecular weight is 343 g/mol. The Labute approximate surface area is 143 Å². The second kappa shape index (κ2) is 6.84. The summed E-state index contributed by atoms with van der Waals surface area (Å²) in [5.74, 6) is -0.747. The Balaban J connectivity index is 1.98. The quantitative estimate of drug-likeness (QED) is 0.770. The van der Waals surface area contributed by atoms with Crippen LogP contribution in [0.4, 0.5) is 4.39 Å². The largest absolute Gasteiger partial charge is 0.283 e. The van der Waals surface area contributed by atoms with Gasteiger partial charge in [-0.1, -0.05) is 13.8 Å². The van der Waals surface area contributed by atoms with E-state index in [1.54, 1.807) is 12.1 Å². The van der Waals surface area contributed by atoms with Crippen LogP contribution < -0.4 is 11.0 Å². The number of hydrogen-bond acceptors (Lipinski definition) is 4. The van der Waals surface area contributed by atoms with Crippen molar-refractivity contribution in [3.05, 3.63) is 53.0 Å². The summed E-state index contributed by atoms with van der Waals surface area (Å²) in [6.45, 7) is 3.84. The number of halogens is 1. The van der Waals surface area contributed by atoms with Crippen molar-refractivity contribution >= 4 is 16.9 Å². The molecule has 0 aliphatic rings. The number of amides is 1. The molecule has 0 saturated heterocycles. The van der Waals surface area contributed by atoms with Gasteiger partial charge in [0.05, 0.1) is 11.9 Å². The minimum Gasteiger partial charge on any atom is -0.273 e. The molecular weight excluding hydrogens is 325 g/mol. The Morgan fingerprint density at radius 1 is 1.24 bits per heavy atom. The zero-order valence-corrected chi connectivity index (χ0v) is 13.9. The van der Waals surface area contributed by atoms with Crippen molar-refractivity contribution in [1.82, 2.24) is 19.4 Å². The summed E-state index contributed by atoms with van der Waals surface area (Å²) in [4.78, 5) is 28.9. The molecule has 0 aliphatic carbocycles. The van der Waals surface area contributed by atoms with Crippen molar-refractivity contribution in [1.29, 1.82) is 0 Å². The van der Waals surface area contributed by atoms with Gasteiger partial charge in [0.15, 0.2) is 5.65 Å². The molecule has 0 spiro atoms. The van der Waals surface area contributed by atoms with E-state index in [4.69, 9.17) is 0 Å². The molecule has 2 heterocycles. The summed E-state index contributed by atoms with van der Waals surface area (Å²) < 4.78 is 15.6. The van der Waals surface area contributed by atoms with Crippen molar-refractivity contribution in [3.63, 3.8) is 0 Å². The van der Waals surface area contributed by atoms with Crippen LogP contribution in [0.2, 0.25) is 0 Å². The van der Waals surface area contributed by atoms with Crippen LogP contribution in [0.25, 0.3) is 16.7 Å². The van der Waals surface area contributed by atoms with Crippen molar-refractivity contribution < 1.29 is 9.18 Å². The maximum absolute atomic E-state index is 13.1. The van der Waals surface area contributed by atoms with Crippen LogP contribution in [0.3, 0.4) is 0 Å². The van der Waals surface area contributed by atoms with E-state index in [-0.39, 0.29) is 23.0 Å². The minimum atomic E-state index is -0.419. The van der Waals surface area contributed by atoms with Crippen molar-refractivity contribution in [2.45, 2.75) is 26.7 Å². The van der Waals surface area contributed by atoms with Crippen molar-refractivity contribution in [3.8, 4) is 5.69 Å². The molecule has 1 aromatic carbocycles. The van der Waals surface area contributed by atoms with E-state index < -0.39 is 5.56 Å². The number of hydrogen-bond donors (Lipinski definition) is 1. The monoisotopic (exact) mass is 343 g/mol. The SMILES string of the molecule is CCC(CC)C(=O)Nn1cnc2c(cnn2-c2ccc(F)cc2)c1=O. The Hall–Kier alpha value is -3.03. The van der Waals surface area contributed by atoms with Crippen LogP contribution >= 0.6 is 0 Å². The Morgan fingerprint density at radius 2 is 1.92 bits per heavy atom. The third-order valence-corrected chi connectivity index (χ3v) is 4.15. The molecule has 0 saturated carbocycles. The molecule has 0 unspecified atom stereocenters. The van der Waals surface area contributed by atoms with E-state index in [0.29, 0.717) is 24.2 Å². The van der Waals surface area contributed by atoms with Gasteiger partial charge in [-0.2, -0.15) is 5.10 Å². The van der Waals surface area contributed by atoms with Gasteiger partial charge in [0.25, 0.3) is 5.56 Å². The van der Waals surface area contributed by atoms with Crippen LogP contribution in [0.5, 0.6) is 0 Å². The van der Waals surface area contributed by atoms with E-state index in [0.717, 1.165) is 4.68 Å². The van der Waals surface area contributed by atoms with E-state index in [1.807, 2.05) is 13.8 Å². The highest BCUT2D eigenvalue weighted by Crippen LogP contribution is 2.14. The Kier molecular flexibility index (Phi) is 4.60. The molecule has 2 aromatic heterocycles. The minimum absolute atomic E-state index is 0.162. The smallest absolute Gasteiger partial charge is 0.273 e. The average Bonchev–Trinajstić information content (AvgIpc) is 3.04. The highest BCUT2D eigenvalue weighted by Gasteiger charge is 2.17. The molecule has 1 N–H and O–H groups in total. The third kappa shape index (κ3) is 3.15. The fourth-order valence-corrected chi connectivity index (χ4v) is 2.63. The van der Waals surface area contributed by atoms with Gasteiger partial charge in [0, 0.05) is 5.92 Å². The number of nitrogens with zero attached hydrogens (tertiary/aromatic N) is 4. The molecule has 3 rings (SSSR count). The maximum atomic E-state index is 13.1. The van der Waals surface area contributed by atoms with Crippen LogP contribution in [-0.2, 0) is 4.79 Å². The van der Waals surface area contributed by atoms with Gasteiger partial charge in [0.1, 0.15) is 17.5 Å². The van der Waals surface area contributed by atoms with Crippen molar-refractivity contribution in [2.75, 3.05) is 5.43 Å². The summed E-state index contributed by atoms with van der Waals surface area (Å²) in [6, 6.07) is 5.70. The lowest BCUT2D eigenvalue weighted by atomic mass is 10.0. The highest BCUT2D eigenvalue weighted by molar-refractivity contribution is 5.86. The summed E-state index contributed by atoms with van der Waals surface area (Å²) >= 11 is 0. The van der Waals surface area contributed by atoms with E-state index in [1.165, 1.54) is 29.3 Å². The zero-order valence-electron chi connectivity index (χ0n) is 13.9. The Bertz CT molecular complexity index is 957. The molecule has 0 aliphatic heterocycles. The number of aromatic nitrogens is 4. The standard InChI is InChI=1S/C17H18FN5O2/c1-3-11(4-2)16(24)21-22-10-19-15-14(17(22)25)9-20-23(15)13-7-5-12(18)6-8-13/h5-11H,3-4H2,1-2H3,(H,21,24). The van der Waals surface area contributed by atoms with Gasteiger partial charge in [0.2, 0.25) is 5.91 Å². The highest BCUT2D eigenvalue weighted by atomic mass is 19.1. The second-order valence-electron chi connectivity index (χ2n) is 5.68. The number of rotatable bonds is 5. The summed E-state index contributed by atoms with van der Waals surface area (Å²) in [5.41, 5.74) is 3.08. The van der Waals surface area contributed by atoms with E-state index in [9.17, 15) is 14.0 Å². The summed E-state index contributed by atoms with van der Waals surface area (Å²) in [7, 11) is 0. The molecular formula is C17H18FN5O2. The Morgan fingerprint density at radius 3 is 2.56 bits per heavy atom.